The molecular weight excluding hydrogens is 281 g/mol. The fraction of sp³-hybridized carbons (Fsp3) is 0.733. The number of halogens is 3. The number of rotatable bonds is 8. The first-order valence-corrected chi connectivity index (χ1v) is 7.21. The van der Waals surface area contributed by atoms with Gasteiger partial charge in [0, 0.05) is 18.7 Å². The number of aryl methyl sites for hydroxylation is 1. The molecule has 6 heteroatoms. The third kappa shape index (κ3) is 7.52. The minimum atomic E-state index is -4.11. The highest BCUT2D eigenvalue weighted by Crippen LogP contribution is 2.21. The molecule has 0 atom stereocenters. The fourth-order valence-corrected chi connectivity index (χ4v) is 2.00. The van der Waals surface area contributed by atoms with Crippen molar-refractivity contribution >= 4 is 0 Å². The lowest BCUT2D eigenvalue weighted by molar-refractivity contribution is -0.137. The summed E-state index contributed by atoms with van der Waals surface area (Å²) in [5, 5.41) is 3.28. The molecule has 0 unspecified atom stereocenters. The van der Waals surface area contributed by atoms with E-state index < -0.39 is 12.6 Å². The average molecular weight is 306 g/mol. The predicted octanol–water partition coefficient (Wildman–Crippen LogP) is 3.72. The Morgan fingerprint density at radius 1 is 1.33 bits per heavy atom. The van der Waals surface area contributed by atoms with Gasteiger partial charge in [-0.1, -0.05) is 13.8 Å². The summed E-state index contributed by atoms with van der Waals surface area (Å²) < 4.78 is 42.2. The molecule has 0 aliphatic carbocycles. The largest absolute Gasteiger partial charge is 0.465 e. The second-order valence-corrected chi connectivity index (χ2v) is 5.92. The van der Waals surface area contributed by atoms with Crippen molar-refractivity contribution in [1.82, 2.24) is 10.2 Å². The molecule has 0 bridgehead atoms. The first-order valence-electron chi connectivity index (χ1n) is 7.21. The molecule has 0 aromatic carbocycles. The Morgan fingerprint density at radius 2 is 2.00 bits per heavy atom. The molecule has 1 rings (SSSR count). The van der Waals surface area contributed by atoms with E-state index in [9.17, 15) is 13.2 Å². The molecule has 0 saturated heterocycles. The monoisotopic (exact) mass is 306 g/mol. The van der Waals surface area contributed by atoms with Crippen LogP contribution in [0.25, 0.3) is 0 Å². The topological polar surface area (TPSA) is 28.4 Å². The molecule has 0 amide bonds. The standard InChI is InChI=1S/C15H25F3N2O/c1-11(2)8-19-9-14-7-13(12(3)21-14)10-20(4)6-5-15(16,17)18/h7,11,19H,5-6,8-10H2,1-4H3. The van der Waals surface area contributed by atoms with Crippen LogP contribution in [-0.4, -0.2) is 31.2 Å². The van der Waals surface area contributed by atoms with Crippen LogP contribution in [-0.2, 0) is 13.1 Å². The average Bonchev–Trinajstić information content (AvgIpc) is 2.66. The van der Waals surface area contributed by atoms with Crippen molar-refractivity contribution in [2.24, 2.45) is 5.92 Å². The molecule has 1 aromatic heterocycles. The first kappa shape index (κ1) is 18.0. The van der Waals surface area contributed by atoms with Crippen molar-refractivity contribution < 1.29 is 17.6 Å². The van der Waals surface area contributed by atoms with Gasteiger partial charge in [0.1, 0.15) is 11.5 Å². The molecule has 1 N–H and O–H groups in total. The maximum Gasteiger partial charge on any atom is 0.390 e. The quantitative estimate of drug-likeness (QED) is 0.793. The van der Waals surface area contributed by atoms with Crippen molar-refractivity contribution in [2.45, 2.75) is 46.5 Å². The zero-order valence-electron chi connectivity index (χ0n) is 13.2. The summed E-state index contributed by atoms with van der Waals surface area (Å²) in [5.41, 5.74) is 0.945. The van der Waals surface area contributed by atoms with Crippen LogP contribution < -0.4 is 5.32 Å². The van der Waals surface area contributed by atoms with E-state index in [1.54, 1.807) is 11.9 Å². The normalized spacial score (nSPS) is 12.6. The summed E-state index contributed by atoms with van der Waals surface area (Å²) >= 11 is 0. The van der Waals surface area contributed by atoms with Gasteiger partial charge in [0.2, 0.25) is 0 Å². The summed E-state index contributed by atoms with van der Waals surface area (Å²) in [7, 11) is 1.69. The van der Waals surface area contributed by atoms with E-state index >= 15 is 0 Å². The third-order valence-corrected chi connectivity index (χ3v) is 3.14. The van der Waals surface area contributed by atoms with E-state index in [2.05, 4.69) is 19.2 Å². The van der Waals surface area contributed by atoms with Gasteiger partial charge in [0.25, 0.3) is 0 Å². The summed E-state index contributed by atoms with van der Waals surface area (Å²) in [5.74, 6) is 2.16. The van der Waals surface area contributed by atoms with Gasteiger partial charge in [-0.25, -0.2) is 0 Å². The van der Waals surface area contributed by atoms with E-state index in [-0.39, 0.29) is 6.54 Å². The van der Waals surface area contributed by atoms with Crippen molar-refractivity contribution in [3.8, 4) is 0 Å². The Bertz CT molecular complexity index is 427. The number of hydrogen-bond donors (Lipinski definition) is 1. The van der Waals surface area contributed by atoms with Gasteiger partial charge in [-0.3, -0.25) is 0 Å². The van der Waals surface area contributed by atoms with Crippen molar-refractivity contribution in [2.75, 3.05) is 20.1 Å². The summed E-state index contributed by atoms with van der Waals surface area (Å²) in [4.78, 5) is 1.66. The van der Waals surface area contributed by atoms with Crippen molar-refractivity contribution in [3.63, 3.8) is 0 Å². The number of nitrogens with zero attached hydrogens (tertiary/aromatic N) is 1. The Morgan fingerprint density at radius 3 is 2.57 bits per heavy atom. The summed E-state index contributed by atoms with van der Waals surface area (Å²) in [6.07, 6.45) is -4.89. The van der Waals surface area contributed by atoms with Gasteiger partial charge in [0.05, 0.1) is 13.0 Å². The molecule has 3 nitrogen and oxygen atoms in total. The van der Waals surface area contributed by atoms with E-state index in [1.807, 2.05) is 13.0 Å². The molecule has 0 saturated carbocycles. The van der Waals surface area contributed by atoms with Crippen molar-refractivity contribution in [1.29, 1.82) is 0 Å². The van der Waals surface area contributed by atoms with E-state index in [0.29, 0.717) is 19.0 Å². The lowest BCUT2D eigenvalue weighted by atomic mass is 10.2. The minimum Gasteiger partial charge on any atom is -0.465 e. The Hall–Kier alpha value is -1.01. The molecule has 1 aromatic rings. The Kier molecular flexibility index (Phi) is 6.74. The molecule has 0 aliphatic heterocycles. The van der Waals surface area contributed by atoms with Gasteiger partial charge < -0.3 is 14.6 Å². The van der Waals surface area contributed by atoms with Crippen LogP contribution in [0.2, 0.25) is 0 Å². The van der Waals surface area contributed by atoms with Crippen LogP contribution in [0.1, 0.15) is 37.4 Å². The van der Waals surface area contributed by atoms with Crippen LogP contribution >= 0.6 is 0 Å². The molecule has 0 fully saturated rings. The van der Waals surface area contributed by atoms with Gasteiger partial charge in [0.15, 0.2) is 0 Å². The molecule has 1 heterocycles. The molecule has 0 spiro atoms. The number of nitrogens with one attached hydrogen (secondary N) is 1. The summed E-state index contributed by atoms with van der Waals surface area (Å²) in [6.45, 7) is 8.11. The van der Waals surface area contributed by atoms with Gasteiger partial charge in [-0.05, 0) is 32.5 Å². The lowest BCUT2D eigenvalue weighted by Crippen LogP contribution is -2.24. The van der Waals surface area contributed by atoms with Crippen LogP contribution in [0.15, 0.2) is 10.5 Å². The zero-order valence-corrected chi connectivity index (χ0v) is 13.2. The van der Waals surface area contributed by atoms with Crippen LogP contribution in [0.4, 0.5) is 13.2 Å². The smallest absolute Gasteiger partial charge is 0.390 e. The highest BCUT2D eigenvalue weighted by molar-refractivity contribution is 5.20. The number of alkyl halides is 3. The van der Waals surface area contributed by atoms with Gasteiger partial charge >= 0.3 is 6.18 Å². The highest BCUT2D eigenvalue weighted by Gasteiger charge is 2.27. The van der Waals surface area contributed by atoms with Crippen LogP contribution in [0.3, 0.4) is 0 Å². The molecule has 21 heavy (non-hydrogen) atoms. The molecular formula is C15H25F3N2O. The van der Waals surface area contributed by atoms with E-state index in [0.717, 1.165) is 23.6 Å². The maximum absolute atomic E-state index is 12.2. The Balaban J connectivity index is 2.46. The van der Waals surface area contributed by atoms with Gasteiger partial charge in [-0.2, -0.15) is 13.2 Å². The van der Waals surface area contributed by atoms with E-state index in [4.69, 9.17) is 4.42 Å². The summed E-state index contributed by atoms with van der Waals surface area (Å²) in [6, 6.07) is 1.92. The maximum atomic E-state index is 12.2. The van der Waals surface area contributed by atoms with Crippen molar-refractivity contribution in [3.05, 3.63) is 23.2 Å². The lowest BCUT2D eigenvalue weighted by Gasteiger charge is -2.17. The third-order valence-electron chi connectivity index (χ3n) is 3.14. The molecule has 122 valence electrons. The second kappa shape index (κ2) is 7.84. The Labute approximate surface area is 124 Å². The van der Waals surface area contributed by atoms with Crippen LogP contribution in [0.5, 0.6) is 0 Å². The zero-order chi connectivity index (χ0) is 16.0. The van der Waals surface area contributed by atoms with Gasteiger partial charge in [-0.15, -0.1) is 0 Å². The fourth-order valence-electron chi connectivity index (χ4n) is 2.00. The molecule has 0 radical (unpaired) electrons. The second-order valence-electron chi connectivity index (χ2n) is 5.92. The molecule has 0 aliphatic rings. The van der Waals surface area contributed by atoms with Crippen LogP contribution in [0, 0.1) is 12.8 Å². The minimum absolute atomic E-state index is 0.00491. The number of furan rings is 1. The highest BCUT2D eigenvalue weighted by atomic mass is 19.4. The number of hydrogen-bond acceptors (Lipinski definition) is 3. The van der Waals surface area contributed by atoms with E-state index in [1.165, 1.54) is 0 Å². The SMILES string of the molecule is Cc1oc(CNCC(C)C)cc1CN(C)CCC(F)(F)F. The predicted molar refractivity (Wildman–Crippen MR) is 77.0 cm³/mol. The first-order chi connectivity index (χ1) is 9.67.